The van der Waals surface area contributed by atoms with Gasteiger partial charge in [-0.2, -0.15) is 0 Å². The highest BCUT2D eigenvalue weighted by Gasteiger charge is 2.17. The van der Waals surface area contributed by atoms with E-state index >= 15 is 0 Å². The normalized spacial score (nSPS) is 11.4. The van der Waals surface area contributed by atoms with Crippen LogP contribution in [0.25, 0.3) is 22.0 Å². The van der Waals surface area contributed by atoms with E-state index in [0.29, 0.717) is 22.7 Å². The van der Waals surface area contributed by atoms with Crippen molar-refractivity contribution in [2.24, 2.45) is 5.18 Å². The fourth-order valence-electron chi connectivity index (χ4n) is 3.73. The Morgan fingerprint density at radius 3 is 2.22 bits per heavy atom. The number of carbonyl (C=O) groups excluding carboxylic acids is 1. The molecule has 0 N–H and O–H groups in total. The number of rotatable bonds is 9. The Bertz CT molecular complexity index is 1170. The maximum atomic E-state index is 12.7. The van der Waals surface area contributed by atoms with Crippen molar-refractivity contribution in [1.82, 2.24) is 9.47 Å². The van der Waals surface area contributed by atoms with Crippen molar-refractivity contribution in [3.8, 4) is 11.1 Å². The lowest BCUT2D eigenvalue weighted by molar-refractivity contribution is 0.0999. The molecule has 0 bridgehead atoms. The van der Waals surface area contributed by atoms with Crippen molar-refractivity contribution >= 4 is 40.0 Å². The van der Waals surface area contributed by atoms with E-state index in [9.17, 15) is 14.5 Å². The fourth-order valence-corrected chi connectivity index (χ4v) is 4.21. The van der Waals surface area contributed by atoms with Crippen LogP contribution in [0.1, 0.15) is 35.8 Å². The molecule has 0 unspecified atom stereocenters. The number of benzene rings is 2. The standard InChI is InChI=1S/C24H25Cl2N3O3/c1-16(2)29-15-21(24(31)27-32)23(30)20-8-7-19(13-22(20)29)18-5-3-17(4-6-18)14-28(11-9-25)12-10-26/h3-8,13,15-16H,9-12,14H2,1-2H3. The van der Waals surface area contributed by atoms with Crippen LogP contribution in [0.3, 0.4) is 0 Å². The number of hydrogen-bond donors (Lipinski definition) is 0. The van der Waals surface area contributed by atoms with Gasteiger partial charge < -0.3 is 4.57 Å². The molecule has 0 saturated carbocycles. The first-order chi connectivity index (χ1) is 15.4. The summed E-state index contributed by atoms with van der Waals surface area (Å²) in [5, 5.41) is 2.80. The minimum atomic E-state index is -1.05. The molecule has 3 rings (SSSR count). The predicted octanol–water partition coefficient (Wildman–Crippen LogP) is 5.44. The van der Waals surface area contributed by atoms with Crippen molar-refractivity contribution in [2.45, 2.75) is 26.4 Å². The molecule has 0 fully saturated rings. The molecule has 0 spiro atoms. The fraction of sp³-hybridized carbons (Fsp3) is 0.333. The summed E-state index contributed by atoms with van der Waals surface area (Å²) in [6, 6.07) is 13.7. The van der Waals surface area contributed by atoms with Gasteiger partial charge in [0.2, 0.25) is 5.43 Å². The van der Waals surface area contributed by atoms with Crippen LogP contribution in [0.4, 0.5) is 0 Å². The molecular formula is C24H25Cl2N3O3. The molecule has 1 amide bonds. The first kappa shape index (κ1) is 24.1. The number of amides is 1. The molecule has 0 aliphatic heterocycles. The zero-order valence-corrected chi connectivity index (χ0v) is 19.6. The van der Waals surface area contributed by atoms with Gasteiger partial charge in [0, 0.05) is 54.2 Å². The van der Waals surface area contributed by atoms with E-state index in [-0.39, 0.29) is 11.6 Å². The van der Waals surface area contributed by atoms with Gasteiger partial charge in [-0.1, -0.05) is 30.3 Å². The van der Waals surface area contributed by atoms with Crippen LogP contribution in [0.5, 0.6) is 0 Å². The van der Waals surface area contributed by atoms with E-state index in [4.69, 9.17) is 23.2 Å². The zero-order chi connectivity index (χ0) is 23.3. The van der Waals surface area contributed by atoms with Gasteiger partial charge in [0.1, 0.15) is 5.56 Å². The number of nitroso groups, excluding NO2 is 1. The number of fused-ring (bicyclic) bond motifs is 1. The molecule has 0 aliphatic rings. The van der Waals surface area contributed by atoms with Crippen LogP contribution in [0.2, 0.25) is 0 Å². The number of carbonyl (C=O) groups is 1. The minimum Gasteiger partial charge on any atom is -0.344 e. The third-order valence-electron chi connectivity index (χ3n) is 5.40. The SMILES string of the molecule is CC(C)n1cc(C(=O)N=O)c(=O)c2ccc(-c3ccc(CN(CCCl)CCCl)cc3)cc21. The first-order valence-corrected chi connectivity index (χ1v) is 11.5. The van der Waals surface area contributed by atoms with Crippen molar-refractivity contribution < 1.29 is 4.79 Å². The summed E-state index contributed by atoms with van der Waals surface area (Å²) in [5.41, 5.74) is 3.12. The molecule has 2 aromatic carbocycles. The summed E-state index contributed by atoms with van der Waals surface area (Å²) >= 11 is 11.8. The van der Waals surface area contributed by atoms with Gasteiger partial charge in [-0.05, 0) is 42.7 Å². The number of nitrogens with zero attached hydrogens (tertiary/aromatic N) is 3. The summed E-state index contributed by atoms with van der Waals surface area (Å²) in [5.74, 6) is 0.0583. The number of hydrogen-bond acceptors (Lipinski definition) is 4. The first-order valence-electron chi connectivity index (χ1n) is 10.4. The van der Waals surface area contributed by atoms with Gasteiger partial charge >= 0.3 is 5.91 Å². The molecule has 1 aromatic heterocycles. The highest BCUT2D eigenvalue weighted by atomic mass is 35.5. The quantitative estimate of drug-likeness (QED) is 0.306. The van der Waals surface area contributed by atoms with E-state index in [1.54, 1.807) is 6.07 Å². The predicted molar refractivity (Wildman–Crippen MR) is 131 cm³/mol. The Hall–Kier alpha value is -2.54. The Balaban J connectivity index is 1.99. The summed E-state index contributed by atoms with van der Waals surface area (Å²) in [6.45, 7) is 6.21. The maximum Gasteiger partial charge on any atom is 0.322 e. The van der Waals surface area contributed by atoms with Crippen molar-refractivity contribution in [3.63, 3.8) is 0 Å². The van der Waals surface area contributed by atoms with Gasteiger partial charge in [0.05, 0.1) is 5.52 Å². The van der Waals surface area contributed by atoms with Gasteiger partial charge in [-0.15, -0.1) is 28.1 Å². The lowest BCUT2D eigenvalue weighted by atomic mass is 10.0. The zero-order valence-electron chi connectivity index (χ0n) is 18.1. The molecular weight excluding hydrogens is 449 g/mol. The largest absolute Gasteiger partial charge is 0.344 e. The van der Waals surface area contributed by atoms with E-state index < -0.39 is 11.3 Å². The Morgan fingerprint density at radius 2 is 1.66 bits per heavy atom. The van der Waals surface area contributed by atoms with E-state index in [1.165, 1.54) is 6.20 Å². The Morgan fingerprint density at radius 1 is 1.03 bits per heavy atom. The molecule has 32 heavy (non-hydrogen) atoms. The molecule has 168 valence electrons. The van der Waals surface area contributed by atoms with Crippen LogP contribution < -0.4 is 5.43 Å². The lowest BCUT2D eigenvalue weighted by Gasteiger charge is -2.20. The summed E-state index contributed by atoms with van der Waals surface area (Å²) < 4.78 is 1.82. The average Bonchev–Trinajstić information content (AvgIpc) is 2.79. The molecule has 0 atom stereocenters. The minimum absolute atomic E-state index is 0.0243. The molecule has 0 aliphatic carbocycles. The number of aromatic nitrogens is 1. The Kier molecular flexibility index (Phi) is 8.18. The second kappa shape index (κ2) is 10.9. The van der Waals surface area contributed by atoms with E-state index in [2.05, 4.69) is 22.2 Å². The lowest BCUT2D eigenvalue weighted by Crippen LogP contribution is -2.27. The van der Waals surface area contributed by atoms with Gasteiger partial charge in [0.15, 0.2) is 0 Å². The number of halogens is 2. The smallest absolute Gasteiger partial charge is 0.322 e. The summed E-state index contributed by atoms with van der Waals surface area (Å²) in [6.07, 6.45) is 1.42. The topological polar surface area (TPSA) is 71.7 Å². The molecule has 3 aromatic rings. The van der Waals surface area contributed by atoms with Crippen LogP contribution >= 0.6 is 23.2 Å². The van der Waals surface area contributed by atoms with E-state index in [1.807, 2.05) is 42.7 Å². The highest BCUT2D eigenvalue weighted by Crippen LogP contribution is 2.26. The summed E-state index contributed by atoms with van der Waals surface area (Å²) in [4.78, 5) is 37.5. The third-order valence-corrected chi connectivity index (χ3v) is 5.74. The second-order valence-corrected chi connectivity index (χ2v) is 8.61. The molecule has 0 saturated heterocycles. The average molecular weight is 474 g/mol. The molecule has 6 nitrogen and oxygen atoms in total. The van der Waals surface area contributed by atoms with Crippen molar-refractivity contribution in [1.29, 1.82) is 0 Å². The van der Waals surface area contributed by atoms with Crippen LogP contribution in [-0.2, 0) is 6.54 Å². The molecule has 0 radical (unpaired) electrons. The van der Waals surface area contributed by atoms with Crippen LogP contribution in [0, 0.1) is 4.91 Å². The summed E-state index contributed by atoms with van der Waals surface area (Å²) in [7, 11) is 0. The Labute approximate surface area is 196 Å². The molecule has 8 heteroatoms. The number of pyridine rings is 1. The molecule has 1 heterocycles. The second-order valence-electron chi connectivity index (χ2n) is 7.85. The van der Waals surface area contributed by atoms with Crippen molar-refractivity contribution in [2.75, 3.05) is 24.8 Å². The van der Waals surface area contributed by atoms with Crippen LogP contribution in [-0.4, -0.2) is 40.2 Å². The number of alkyl halides is 2. The highest BCUT2D eigenvalue weighted by molar-refractivity contribution is 6.18. The van der Waals surface area contributed by atoms with Crippen molar-refractivity contribution in [3.05, 3.63) is 74.9 Å². The maximum absolute atomic E-state index is 12.7. The van der Waals surface area contributed by atoms with Crippen LogP contribution in [0.15, 0.2) is 58.6 Å². The van der Waals surface area contributed by atoms with Gasteiger partial charge in [-0.25, -0.2) is 0 Å². The van der Waals surface area contributed by atoms with Gasteiger partial charge in [-0.3, -0.25) is 14.5 Å². The van der Waals surface area contributed by atoms with Gasteiger partial charge in [0.25, 0.3) is 0 Å². The van der Waals surface area contributed by atoms with E-state index in [0.717, 1.165) is 36.3 Å². The monoisotopic (exact) mass is 473 g/mol. The third kappa shape index (κ3) is 5.26.